The molecule has 0 spiro atoms. The molecule has 24 heavy (non-hydrogen) atoms. The number of halogens is 1. The predicted molar refractivity (Wildman–Crippen MR) is 100 cm³/mol. The number of benzene rings is 2. The van der Waals surface area contributed by atoms with Gasteiger partial charge in [0.2, 0.25) is 0 Å². The van der Waals surface area contributed by atoms with Crippen LogP contribution in [0.2, 0.25) is 5.02 Å². The second kappa shape index (κ2) is 6.83. The lowest BCUT2D eigenvalue weighted by Gasteiger charge is -2.15. The number of aryl methyl sites for hydroxylation is 1. The van der Waals surface area contributed by atoms with Crippen LogP contribution in [0.1, 0.15) is 18.1 Å². The standard InChI is InChI=1S/C19H16ClNO2S/c1-3-24-17-16(13-7-9-14(20)10-8-13)18(22)21(19(17)23)15-6-4-5-12(2)11-15/h4-11H,3H2,1-2H3. The van der Waals surface area contributed by atoms with E-state index in [1.165, 1.54) is 16.7 Å². The Balaban J connectivity index is 2.09. The van der Waals surface area contributed by atoms with Crippen LogP contribution < -0.4 is 4.90 Å². The van der Waals surface area contributed by atoms with E-state index in [2.05, 4.69) is 0 Å². The van der Waals surface area contributed by atoms with E-state index in [0.29, 0.717) is 32.5 Å². The van der Waals surface area contributed by atoms with Gasteiger partial charge in [0.15, 0.2) is 0 Å². The van der Waals surface area contributed by atoms with E-state index >= 15 is 0 Å². The average molecular weight is 358 g/mol. The molecule has 0 atom stereocenters. The molecule has 0 aliphatic carbocycles. The Morgan fingerprint density at radius 1 is 1.04 bits per heavy atom. The number of amides is 2. The fraction of sp³-hybridized carbons (Fsp3) is 0.158. The van der Waals surface area contributed by atoms with Crippen LogP contribution in [0.5, 0.6) is 0 Å². The largest absolute Gasteiger partial charge is 0.272 e. The first-order valence-electron chi connectivity index (χ1n) is 7.61. The van der Waals surface area contributed by atoms with Gasteiger partial charge in [-0.3, -0.25) is 9.59 Å². The molecule has 0 saturated carbocycles. The van der Waals surface area contributed by atoms with Crippen molar-refractivity contribution in [3.8, 4) is 0 Å². The number of carbonyl (C=O) groups excluding carboxylic acids is 2. The predicted octanol–water partition coefficient (Wildman–Crippen LogP) is 4.69. The summed E-state index contributed by atoms with van der Waals surface area (Å²) in [5.74, 6) is 0.166. The van der Waals surface area contributed by atoms with Gasteiger partial charge < -0.3 is 0 Å². The summed E-state index contributed by atoms with van der Waals surface area (Å²) in [7, 11) is 0. The third kappa shape index (κ3) is 2.99. The summed E-state index contributed by atoms with van der Waals surface area (Å²) >= 11 is 7.33. The zero-order chi connectivity index (χ0) is 17.3. The molecule has 0 unspecified atom stereocenters. The van der Waals surface area contributed by atoms with Crippen molar-refractivity contribution in [3.63, 3.8) is 0 Å². The van der Waals surface area contributed by atoms with Gasteiger partial charge in [0.25, 0.3) is 11.8 Å². The number of nitrogens with zero attached hydrogens (tertiary/aromatic N) is 1. The van der Waals surface area contributed by atoms with Crippen LogP contribution in [-0.2, 0) is 9.59 Å². The summed E-state index contributed by atoms with van der Waals surface area (Å²) in [5, 5.41) is 0.594. The maximum atomic E-state index is 13.0. The molecule has 0 N–H and O–H groups in total. The number of thioether (sulfide) groups is 1. The molecule has 1 heterocycles. The monoisotopic (exact) mass is 357 g/mol. The Bertz CT molecular complexity index is 843. The van der Waals surface area contributed by atoms with Crippen LogP contribution >= 0.6 is 23.4 Å². The average Bonchev–Trinajstić information content (AvgIpc) is 2.80. The molecule has 0 saturated heterocycles. The van der Waals surface area contributed by atoms with E-state index in [1.807, 2.05) is 32.0 Å². The van der Waals surface area contributed by atoms with Gasteiger partial charge in [0.1, 0.15) is 0 Å². The minimum atomic E-state index is -0.288. The molecule has 3 nitrogen and oxygen atoms in total. The highest BCUT2D eigenvalue weighted by Gasteiger charge is 2.39. The first kappa shape index (κ1) is 16.8. The van der Waals surface area contributed by atoms with Crippen molar-refractivity contribution in [2.24, 2.45) is 0 Å². The van der Waals surface area contributed by atoms with Crippen molar-refractivity contribution in [2.75, 3.05) is 10.7 Å². The van der Waals surface area contributed by atoms with Gasteiger partial charge in [-0.1, -0.05) is 42.8 Å². The van der Waals surface area contributed by atoms with Crippen molar-refractivity contribution >= 4 is 46.4 Å². The van der Waals surface area contributed by atoms with Gasteiger partial charge in [-0.15, -0.1) is 11.8 Å². The number of hydrogen-bond donors (Lipinski definition) is 0. The summed E-state index contributed by atoms with van der Waals surface area (Å²) < 4.78 is 0. The fourth-order valence-corrected chi connectivity index (χ4v) is 3.64. The molecule has 1 aliphatic heterocycles. The second-order valence-electron chi connectivity index (χ2n) is 5.43. The van der Waals surface area contributed by atoms with Gasteiger partial charge in [-0.05, 0) is 48.1 Å². The van der Waals surface area contributed by atoms with Crippen LogP contribution in [0, 0.1) is 6.92 Å². The highest BCUT2D eigenvalue weighted by atomic mass is 35.5. The van der Waals surface area contributed by atoms with Crippen molar-refractivity contribution < 1.29 is 9.59 Å². The van der Waals surface area contributed by atoms with Crippen LogP contribution in [0.15, 0.2) is 53.4 Å². The van der Waals surface area contributed by atoms with Crippen molar-refractivity contribution in [2.45, 2.75) is 13.8 Å². The van der Waals surface area contributed by atoms with E-state index in [4.69, 9.17) is 11.6 Å². The van der Waals surface area contributed by atoms with Crippen molar-refractivity contribution in [1.29, 1.82) is 0 Å². The Morgan fingerprint density at radius 3 is 2.38 bits per heavy atom. The first-order chi connectivity index (χ1) is 11.5. The second-order valence-corrected chi connectivity index (χ2v) is 7.14. The summed E-state index contributed by atoms with van der Waals surface area (Å²) in [6, 6.07) is 14.4. The topological polar surface area (TPSA) is 37.4 Å². The highest BCUT2D eigenvalue weighted by Crippen LogP contribution is 2.38. The number of anilines is 1. The van der Waals surface area contributed by atoms with Gasteiger partial charge >= 0.3 is 0 Å². The fourth-order valence-electron chi connectivity index (χ4n) is 2.66. The SMILES string of the molecule is CCSC1=C(c2ccc(Cl)cc2)C(=O)N(c2cccc(C)c2)C1=O. The van der Waals surface area contributed by atoms with E-state index in [0.717, 1.165) is 5.56 Å². The molecular formula is C19H16ClNO2S. The lowest BCUT2D eigenvalue weighted by molar-refractivity contribution is -0.119. The van der Waals surface area contributed by atoms with E-state index < -0.39 is 0 Å². The molecule has 0 bridgehead atoms. The van der Waals surface area contributed by atoms with Crippen LogP contribution in [0.3, 0.4) is 0 Å². The third-order valence-corrected chi connectivity index (χ3v) is 4.93. The van der Waals surface area contributed by atoms with E-state index in [9.17, 15) is 9.59 Å². The van der Waals surface area contributed by atoms with Crippen LogP contribution in [0.25, 0.3) is 5.57 Å². The Kier molecular flexibility index (Phi) is 4.78. The molecule has 2 aromatic carbocycles. The smallest absolute Gasteiger partial charge is 0.268 e. The lowest BCUT2D eigenvalue weighted by Crippen LogP contribution is -2.31. The first-order valence-corrected chi connectivity index (χ1v) is 8.97. The number of rotatable bonds is 4. The van der Waals surface area contributed by atoms with Gasteiger partial charge in [0, 0.05) is 5.02 Å². The van der Waals surface area contributed by atoms with Gasteiger partial charge in [-0.2, -0.15) is 0 Å². The maximum Gasteiger partial charge on any atom is 0.272 e. The van der Waals surface area contributed by atoms with Crippen LogP contribution in [0.4, 0.5) is 5.69 Å². The summed E-state index contributed by atoms with van der Waals surface area (Å²) in [4.78, 5) is 27.6. The Hall–Kier alpha value is -2.04. The Labute approximate surface area is 150 Å². The molecule has 0 aromatic heterocycles. The molecular weight excluding hydrogens is 342 g/mol. The number of imide groups is 1. The zero-order valence-corrected chi connectivity index (χ0v) is 14.9. The molecule has 122 valence electrons. The minimum Gasteiger partial charge on any atom is -0.268 e. The lowest BCUT2D eigenvalue weighted by atomic mass is 10.1. The molecule has 3 rings (SSSR count). The molecule has 0 fully saturated rings. The summed E-state index contributed by atoms with van der Waals surface area (Å²) in [5.41, 5.74) is 2.76. The van der Waals surface area contributed by atoms with Gasteiger partial charge in [-0.25, -0.2) is 4.90 Å². The van der Waals surface area contributed by atoms with E-state index in [1.54, 1.807) is 30.3 Å². The summed E-state index contributed by atoms with van der Waals surface area (Å²) in [6.07, 6.45) is 0. The molecule has 0 radical (unpaired) electrons. The minimum absolute atomic E-state index is 0.262. The Morgan fingerprint density at radius 2 is 1.75 bits per heavy atom. The zero-order valence-electron chi connectivity index (χ0n) is 13.4. The molecule has 2 amide bonds. The normalized spacial score (nSPS) is 14.7. The van der Waals surface area contributed by atoms with E-state index in [-0.39, 0.29) is 11.8 Å². The highest BCUT2D eigenvalue weighted by molar-refractivity contribution is 8.04. The van der Waals surface area contributed by atoms with Crippen molar-refractivity contribution in [3.05, 3.63) is 69.6 Å². The third-order valence-electron chi connectivity index (χ3n) is 3.72. The van der Waals surface area contributed by atoms with Gasteiger partial charge in [0.05, 0.1) is 16.2 Å². The quantitative estimate of drug-likeness (QED) is 0.745. The number of carbonyl (C=O) groups is 2. The molecule has 2 aromatic rings. The molecule has 1 aliphatic rings. The van der Waals surface area contributed by atoms with Crippen LogP contribution in [-0.4, -0.2) is 17.6 Å². The van der Waals surface area contributed by atoms with Crippen molar-refractivity contribution in [1.82, 2.24) is 0 Å². The number of hydrogen-bond acceptors (Lipinski definition) is 3. The summed E-state index contributed by atoms with van der Waals surface area (Å²) in [6.45, 7) is 3.90. The maximum absolute atomic E-state index is 13.0. The molecule has 5 heteroatoms.